The molecule has 0 aromatic heterocycles. The van der Waals surface area contributed by atoms with Crippen molar-refractivity contribution < 1.29 is 0 Å². The zero-order valence-corrected chi connectivity index (χ0v) is 9.13. The molecule has 78 valence electrons. The molecule has 0 spiro atoms. The minimum absolute atomic E-state index is 0.476. The second-order valence-corrected chi connectivity index (χ2v) is 4.45. The Hall–Kier alpha value is -0.0800. The van der Waals surface area contributed by atoms with Crippen LogP contribution >= 0.6 is 0 Å². The third-order valence-corrected chi connectivity index (χ3v) is 2.97. The van der Waals surface area contributed by atoms with Crippen LogP contribution in [-0.4, -0.2) is 31.1 Å². The number of unbranched alkanes of at least 4 members (excludes halogenated alkanes) is 1. The molecule has 2 N–H and O–H groups in total. The highest BCUT2D eigenvalue weighted by atomic mass is 15.1. The van der Waals surface area contributed by atoms with E-state index in [-0.39, 0.29) is 0 Å². The fraction of sp³-hybridized carbons (Fsp3) is 1.00. The van der Waals surface area contributed by atoms with Gasteiger partial charge in [0.1, 0.15) is 0 Å². The van der Waals surface area contributed by atoms with Gasteiger partial charge in [0.25, 0.3) is 0 Å². The lowest BCUT2D eigenvalue weighted by Gasteiger charge is -2.18. The standard InChI is InChI=1S/C11H24N2/c1-3-4-8-13(2)9-7-11(12)10-5-6-10/h10-11H,3-9,12H2,1-2H3. The van der Waals surface area contributed by atoms with E-state index in [9.17, 15) is 0 Å². The average molecular weight is 184 g/mol. The Balaban J connectivity index is 1.96. The van der Waals surface area contributed by atoms with Gasteiger partial charge in [-0.05, 0) is 51.7 Å². The number of nitrogens with zero attached hydrogens (tertiary/aromatic N) is 1. The molecular formula is C11H24N2. The molecule has 0 amide bonds. The van der Waals surface area contributed by atoms with Crippen LogP contribution in [0.5, 0.6) is 0 Å². The molecule has 1 rings (SSSR count). The molecule has 0 aliphatic heterocycles. The molecule has 1 aliphatic carbocycles. The summed E-state index contributed by atoms with van der Waals surface area (Å²) in [5.74, 6) is 0.861. The monoisotopic (exact) mass is 184 g/mol. The van der Waals surface area contributed by atoms with Gasteiger partial charge >= 0.3 is 0 Å². The lowest BCUT2D eigenvalue weighted by Crippen LogP contribution is -2.30. The first-order chi connectivity index (χ1) is 6.24. The average Bonchev–Trinajstić information content (AvgIpc) is 2.93. The molecule has 1 unspecified atom stereocenters. The Labute approximate surface area is 82.5 Å². The minimum atomic E-state index is 0.476. The summed E-state index contributed by atoms with van der Waals surface area (Å²) >= 11 is 0. The van der Waals surface area contributed by atoms with Gasteiger partial charge in [0.2, 0.25) is 0 Å². The highest BCUT2D eigenvalue weighted by Gasteiger charge is 2.27. The molecule has 2 nitrogen and oxygen atoms in total. The van der Waals surface area contributed by atoms with Crippen molar-refractivity contribution in [1.29, 1.82) is 0 Å². The maximum absolute atomic E-state index is 6.03. The van der Waals surface area contributed by atoms with Gasteiger partial charge in [-0.2, -0.15) is 0 Å². The van der Waals surface area contributed by atoms with Crippen molar-refractivity contribution in [2.45, 2.75) is 45.1 Å². The van der Waals surface area contributed by atoms with Gasteiger partial charge in [0.05, 0.1) is 0 Å². The second kappa shape index (κ2) is 5.61. The van der Waals surface area contributed by atoms with Crippen molar-refractivity contribution >= 4 is 0 Å². The minimum Gasteiger partial charge on any atom is -0.327 e. The molecule has 1 aliphatic rings. The Morgan fingerprint density at radius 3 is 2.62 bits per heavy atom. The van der Waals surface area contributed by atoms with Gasteiger partial charge in [0, 0.05) is 6.04 Å². The molecule has 0 aromatic carbocycles. The van der Waals surface area contributed by atoms with Crippen LogP contribution in [0.1, 0.15) is 39.0 Å². The highest BCUT2D eigenvalue weighted by molar-refractivity contribution is 4.84. The molecule has 0 saturated heterocycles. The Morgan fingerprint density at radius 2 is 2.08 bits per heavy atom. The fourth-order valence-corrected chi connectivity index (χ4v) is 1.67. The third kappa shape index (κ3) is 4.63. The van der Waals surface area contributed by atoms with Crippen LogP contribution in [0.3, 0.4) is 0 Å². The van der Waals surface area contributed by atoms with Gasteiger partial charge in [-0.15, -0.1) is 0 Å². The first-order valence-corrected chi connectivity index (χ1v) is 5.68. The number of nitrogens with two attached hydrogens (primary N) is 1. The fourth-order valence-electron chi connectivity index (χ4n) is 1.67. The van der Waals surface area contributed by atoms with E-state index in [0.29, 0.717) is 6.04 Å². The third-order valence-electron chi connectivity index (χ3n) is 2.97. The van der Waals surface area contributed by atoms with Crippen LogP contribution in [0.4, 0.5) is 0 Å². The molecule has 1 atom stereocenters. The zero-order valence-electron chi connectivity index (χ0n) is 9.13. The van der Waals surface area contributed by atoms with Gasteiger partial charge in [-0.25, -0.2) is 0 Å². The predicted molar refractivity (Wildman–Crippen MR) is 57.7 cm³/mol. The summed E-state index contributed by atoms with van der Waals surface area (Å²) in [5.41, 5.74) is 6.03. The molecule has 2 heteroatoms. The first-order valence-electron chi connectivity index (χ1n) is 5.68. The van der Waals surface area contributed by atoms with E-state index < -0.39 is 0 Å². The van der Waals surface area contributed by atoms with Crippen molar-refractivity contribution in [3.05, 3.63) is 0 Å². The summed E-state index contributed by atoms with van der Waals surface area (Å²) in [6.07, 6.45) is 6.54. The van der Waals surface area contributed by atoms with E-state index >= 15 is 0 Å². The summed E-state index contributed by atoms with van der Waals surface area (Å²) in [4.78, 5) is 2.41. The van der Waals surface area contributed by atoms with Crippen LogP contribution in [-0.2, 0) is 0 Å². The van der Waals surface area contributed by atoms with Crippen molar-refractivity contribution in [3.63, 3.8) is 0 Å². The number of hydrogen-bond donors (Lipinski definition) is 1. The van der Waals surface area contributed by atoms with E-state index in [0.717, 1.165) is 5.92 Å². The van der Waals surface area contributed by atoms with Gasteiger partial charge in [-0.1, -0.05) is 13.3 Å². The molecule has 1 fully saturated rings. The Morgan fingerprint density at radius 1 is 1.38 bits per heavy atom. The lowest BCUT2D eigenvalue weighted by atomic mass is 10.1. The van der Waals surface area contributed by atoms with Crippen molar-refractivity contribution in [2.24, 2.45) is 11.7 Å². The van der Waals surface area contributed by atoms with Gasteiger partial charge in [-0.3, -0.25) is 0 Å². The van der Waals surface area contributed by atoms with Crippen LogP contribution in [0, 0.1) is 5.92 Å². The molecule has 1 saturated carbocycles. The van der Waals surface area contributed by atoms with Gasteiger partial charge < -0.3 is 10.6 Å². The van der Waals surface area contributed by atoms with Gasteiger partial charge in [0.15, 0.2) is 0 Å². The SMILES string of the molecule is CCCCN(C)CCC(N)C1CC1. The molecule has 0 heterocycles. The van der Waals surface area contributed by atoms with Crippen LogP contribution in [0.15, 0.2) is 0 Å². The maximum Gasteiger partial charge on any atom is 0.00793 e. The molecular weight excluding hydrogens is 160 g/mol. The van der Waals surface area contributed by atoms with Crippen molar-refractivity contribution in [2.75, 3.05) is 20.1 Å². The topological polar surface area (TPSA) is 29.3 Å². The van der Waals surface area contributed by atoms with E-state index in [4.69, 9.17) is 5.73 Å². The Kier molecular flexibility index (Phi) is 4.74. The smallest absolute Gasteiger partial charge is 0.00793 e. The normalized spacial score (nSPS) is 19.4. The van der Waals surface area contributed by atoms with E-state index in [1.807, 2.05) is 0 Å². The van der Waals surface area contributed by atoms with Crippen LogP contribution in [0.2, 0.25) is 0 Å². The van der Waals surface area contributed by atoms with Crippen molar-refractivity contribution in [3.8, 4) is 0 Å². The number of hydrogen-bond acceptors (Lipinski definition) is 2. The number of rotatable bonds is 7. The van der Waals surface area contributed by atoms with E-state index in [1.54, 1.807) is 0 Å². The molecule has 0 radical (unpaired) electrons. The van der Waals surface area contributed by atoms with E-state index in [2.05, 4.69) is 18.9 Å². The second-order valence-electron chi connectivity index (χ2n) is 4.45. The molecule has 13 heavy (non-hydrogen) atoms. The first kappa shape index (κ1) is 11.0. The summed E-state index contributed by atoms with van der Waals surface area (Å²) in [5, 5.41) is 0. The predicted octanol–water partition coefficient (Wildman–Crippen LogP) is 1.85. The largest absolute Gasteiger partial charge is 0.327 e. The summed E-state index contributed by atoms with van der Waals surface area (Å²) in [7, 11) is 2.20. The maximum atomic E-state index is 6.03. The van der Waals surface area contributed by atoms with Crippen LogP contribution in [0.25, 0.3) is 0 Å². The quantitative estimate of drug-likeness (QED) is 0.654. The van der Waals surface area contributed by atoms with Crippen LogP contribution < -0.4 is 5.73 Å². The summed E-state index contributed by atoms with van der Waals surface area (Å²) in [6.45, 7) is 4.65. The Bertz CT molecular complexity index is 132. The summed E-state index contributed by atoms with van der Waals surface area (Å²) < 4.78 is 0. The molecule has 0 aromatic rings. The highest BCUT2D eigenvalue weighted by Crippen LogP contribution is 2.32. The molecule has 0 bridgehead atoms. The van der Waals surface area contributed by atoms with E-state index in [1.165, 1.54) is 45.2 Å². The lowest BCUT2D eigenvalue weighted by molar-refractivity contribution is 0.307. The zero-order chi connectivity index (χ0) is 9.68. The summed E-state index contributed by atoms with van der Waals surface area (Å²) in [6, 6.07) is 0.476. The van der Waals surface area contributed by atoms with Crippen molar-refractivity contribution in [1.82, 2.24) is 4.90 Å².